The normalized spacial score (nSPS) is 16.6. The molecule has 9 nitrogen and oxygen atoms in total. The Hall–Kier alpha value is -4.11. The molecular formula is C33H39NO8. The van der Waals surface area contributed by atoms with Crippen LogP contribution in [0.1, 0.15) is 56.7 Å². The molecular weight excluding hydrogens is 538 g/mol. The number of ether oxygens (including phenoxy) is 2. The number of aryl methyl sites for hydroxylation is 1. The number of ketones is 2. The molecule has 1 saturated heterocycles. The van der Waals surface area contributed by atoms with Crippen LogP contribution in [0.25, 0.3) is 5.57 Å². The van der Waals surface area contributed by atoms with Crippen LogP contribution < -0.4 is 0 Å². The Morgan fingerprint density at radius 2 is 1.79 bits per heavy atom. The number of carbonyl (C=O) groups excluding carboxylic acids is 5. The van der Waals surface area contributed by atoms with Crippen molar-refractivity contribution in [2.24, 2.45) is 11.8 Å². The Morgan fingerprint density at radius 1 is 1.07 bits per heavy atom. The average Bonchev–Trinajstić information content (AvgIpc) is 3.35. The molecule has 0 aliphatic carbocycles. The van der Waals surface area contributed by atoms with Crippen molar-refractivity contribution < 1.29 is 38.6 Å². The highest BCUT2D eigenvalue weighted by molar-refractivity contribution is 6.25. The molecule has 3 atom stereocenters. The second-order valence-corrected chi connectivity index (χ2v) is 10.9. The van der Waals surface area contributed by atoms with Crippen LogP contribution in [0, 0.1) is 18.8 Å². The molecule has 0 radical (unpaired) electrons. The number of cyclic esters (lactones) is 1. The highest BCUT2D eigenvalue weighted by Gasteiger charge is 2.46. The summed E-state index contributed by atoms with van der Waals surface area (Å²) in [6.45, 7) is 6.66. The summed E-state index contributed by atoms with van der Waals surface area (Å²) < 4.78 is 10.7. The summed E-state index contributed by atoms with van der Waals surface area (Å²) in [5.74, 6) is -3.94. The maximum atomic E-state index is 14.1. The lowest BCUT2D eigenvalue weighted by Crippen LogP contribution is -2.50. The lowest BCUT2D eigenvalue weighted by Gasteiger charge is -2.30. The van der Waals surface area contributed by atoms with E-state index >= 15 is 0 Å². The topological polar surface area (TPSA) is 127 Å². The third kappa shape index (κ3) is 8.45. The largest absolute Gasteiger partial charge is 0.453 e. The van der Waals surface area contributed by atoms with Crippen molar-refractivity contribution in [3.63, 3.8) is 0 Å². The Labute approximate surface area is 246 Å². The number of aliphatic hydroxyl groups is 1. The third-order valence-corrected chi connectivity index (χ3v) is 7.20. The highest BCUT2D eigenvalue weighted by Crippen LogP contribution is 2.28. The zero-order valence-corrected chi connectivity index (χ0v) is 24.6. The molecule has 42 heavy (non-hydrogen) atoms. The molecule has 1 aliphatic rings. The minimum Gasteiger partial charge on any atom is -0.453 e. The van der Waals surface area contributed by atoms with Crippen LogP contribution in [0.2, 0.25) is 0 Å². The molecule has 9 heteroatoms. The van der Waals surface area contributed by atoms with E-state index in [-0.39, 0.29) is 43.3 Å². The molecule has 0 bridgehead atoms. The van der Waals surface area contributed by atoms with Gasteiger partial charge in [0.1, 0.15) is 6.61 Å². The molecule has 1 fully saturated rings. The first-order chi connectivity index (χ1) is 20.0. The number of imide groups is 1. The molecule has 2 amide bonds. The van der Waals surface area contributed by atoms with Gasteiger partial charge >= 0.3 is 12.1 Å². The van der Waals surface area contributed by atoms with Gasteiger partial charge in [-0.15, -0.1) is 0 Å². The lowest BCUT2D eigenvalue weighted by molar-refractivity contribution is -0.159. The summed E-state index contributed by atoms with van der Waals surface area (Å²) in [4.78, 5) is 67.5. The quantitative estimate of drug-likeness (QED) is 0.198. The molecule has 224 valence electrons. The van der Waals surface area contributed by atoms with E-state index in [0.717, 1.165) is 23.5 Å². The van der Waals surface area contributed by atoms with Crippen LogP contribution in [-0.4, -0.2) is 64.9 Å². The van der Waals surface area contributed by atoms with Gasteiger partial charge in [0, 0.05) is 25.5 Å². The number of nitrogens with zero attached hydrogens (tertiary/aromatic N) is 1. The van der Waals surface area contributed by atoms with Crippen molar-refractivity contribution >= 4 is 35.1 Å². The van der Waals surface area contributed by atoms with Crippen molar-refractivity contribution in [2.45, 2.75) is 65.5 Å². The zero-order valence-electron chi connectivity index (χ0n) is 24.6. The summed E-state index contributed by atoms with van der Waals surface area (Å²) in [7, 11) is 0. The van der Waals surface area contributed by atoms with Gasteiger partial charge in [-0.1, -0.05) is 74.0 Å². The van der Waals surface area contributed by atoms with Crippen LogP contribution in [-0.2, 0) is 35.1 Å². The van der Waals surface area contributed by atoms with E-state index < -0.39 is 41.8 Å². The lowest BCUT2D eigenvalue weighted by atomic mass is 9.87. The number of aliphatic hydroxyl groups excluding tert-OH is 1. The second-order valence-electron chi connectivity index (χ2n) is 10.9. The monoisotopic (exact) mass is 577 g/mol. The smallest absolute Gasteiger partial charge is 0.416 e. The van der Waals surface area contributed by atoms with Gasteiger partial charge < -0.3 is 14.6 Å². The van der Waals surface area contributed by atoms with Gasteiger partial charge in [-0.05, 0) is 49.3 Å². The Kier molecular flexibility index (Phi) is 11.7. The van der Waals surface area contributed by atoms with Gasteiger partial charge in [0.25, 0.3) is 0 Å². The van der Waals surface area contributed by atoms with Crippen LogP contribution in [0.4, 0.5) is 4.79 Å². The first kappa shape index (κ1) is 32.4. The molecule has 3 rings (SSSR count). The van der Waals surface area contributed by atoms with Gasteiger partial charge in [-0.2, -0.15) is 0 Å². The van der Waals surface area contributed by atoms with Crippen molar-refractivity contribution in [1.82, 2.24) is 4.90 Å². The van der Waals surface area contributed by atoms with Gasteiger partial charge in [-0.25, -0.2) is 9.69 Å². The fourth-order valence-corrected chi connectivity index (χ4v) is 4.96. The molecule has 0 aromatic heterocycles. The number of amides is 2. The third-order valence-electron chi connectivity index (χ3n) is 7.20. The highest BCUT2D eigenvalue weighted by atomic mass is 16.6. The maximum absolute atomic E-state index is 14.1. The first-order valence-corrected chi connectivity index (χ1v) is 14.2. The van der Waals surface area contributed by atoms with E-state index in [1.807, 2.05) is 26.8 Å². The summed E-state index contributed by atoms with van der Waals surface area (Å²) in [6, 6.07) is 15.5. The number of carbonyl (C=O) groups is 5. The molecule has 0 spiro atoms. The molecule has 1 N–H and O–H groups in total. The molecule has 1 heterocycles. The van der Waals surface area contributed by atoms with Crippen molar-refractivity contribution in [3.05, 3.63) is 77.4 Å². The zero-order chi connectivity index (χ0) is 30.8. The number of hydrogen-bond donors (Lipinski definition) is 1. The van der Waals surface area contributed by atoms with E-state index in [9.17, 15) is 29.1 Å². The number of allylic oxidation sites excluding steroid dienone is 1. The number of hydrogen-bond acceptors (Lipinski definition) is 8. The molecule has 1 aliphatic heterocycles. The van der Waals surface area contributed by atoms with E-state index in [2.05, 4.69) is 0 Å². The van der Waals surface area contributed by atoms with Gasteiger partial charge in [0.15, 0.2) is 17.7 Å². The average molecular weight is 578 g/mol. The van der Waals surface area contributed by atoms with E-state index in [4.69, 9.17) is 9.47 Å². The minimum absolute atomic E-state index is 0.00395. The molecule has 0 unspecified atom stereocenters. The first-order valence-electron chi connectivity index (χ1n) is 14.2. The number of esters is 1. The molecule has 0 saturated carbocycles. The molecule has 2 aromatic carbocycles. The van der Waals surface area contributed by atoms with Crippen molar-refractivity contribution in [2.75, 3.05) is 13.2 Å². The summed E-state index contributed by atoms with van der Waals surface area (Å²) in [6.07, 6.45) is -0.362. The van der Waals surface area contributed by atoms with Gasteiger partial charge in [0.2, 0.25) is 5.91 Å². The summed E-state index contributed by atoms with van der Waals surface area (Å²) in [5.41, 5.74) is 2.19. The minimum atomic E-state index is -1.61. The van der Waals surface area contributed by atoms with Crippen LogP contribution >= 0.6 is 0 Å². The number of rotatable bonds is 14. The molecule has 2 aromatic rings. The van der Waals surface area contributed by atoms with E-state index in [0.29, 0.717) is 24.0 Å². The number of benzene rings is 2. The SMILES string of the molecule is CC(=O)O[C@H](C(=O)C=C(C(=O)CCCCO)c1cccc(C)c1)[C@H](Cc1ccccc1)C(=O)N1C(=O)OC[C@@H]1C(C)C. The predicted molar refractivity (Wildman–Crippen MR) is 156 cm³/mol. The fraction of sp³-hybridized carbons (Fsp3) is 0.424. The second kappa shape index (κ2) is 15.2. The fourth-order valence-electron chi connectivity index (χ4n) is 4.96. The van der Waals surface area contributed by atoms with Crippen LogP contribution in [0.15, 0.2) is 60.7 Å². The number of Topliss-reactive ketones (excluding diaryl/α,β-unsaturated/α-hetero) is 1. The van der Waals surface area contributed by atoms with Crippen molar-refractivity contribution in [1.29, 1.82) is 0 Å². The van der Waals surface area contributed by atoms with Crippen molar-refractivity contribution in [3.8, 4) is 0 Å². The van der Waals surface area contributed by atoms with Crippen LogP contribution in [0.5, 0.6) is 0 Å². The van der Waals surface area contributed by atoms with E-state index in [1.165, 1.54) is 0 Å². The maximum Gasteiger partial charge on any atom is 0.416 e. The van der Waals surface area contributed by atoms with Gasteiger partial charge in [0.05, 0.1) is 12.0 Å². The van der Waals surface area contributed by atoms with Crippen LogP contribution in [0.3, 0.4) is 0 Å². The Bertz CT molecular complexity index is 1320. The Morgan fingerprint density at radius 3 is 2.40 bits per heavy atom. The summed E-state index contributed by atoms with van der Waals surface area (Å²) in [5, 5.41) is 9.17. The standard InChI is InChI=1S/C33H39NO8/c1-21(2)28-20-41-33(40)34(28)32(39)27(18-24-12-6-5-7-13-24)31(42-23(4)36)30(38)19-26(29(37)15-8-9-16-35)25-14-10-11-22(3)17-25/h5-7,10-14,17,19,21,27-28,31,35H,8-9,15-16,18,20H2,1-4H3/t27-,28+,31-/m0/s1. The predicted octanol–water partition coefficient (Wildman–Crippen LogP) is 4.47. The Balaban J connectivity index is 2.11. The number of unbranched alkanes of at least 4 members (excludes halogenated alkanes) is 1. The van der Waals surface area contributed by atoms with E-state index in [1.54, 1.807) is 48.5 Å². The summed E-state index contributed by atoms with van der Waals surface area (Å²) >= 11 is 0. The van der Waals surface area contributed by atoms with Gasteiger partial charge in [-0.3, -0.25) is 19.2 Å².